The smallest absolute Gasteiger partial charge is 0.251 e. The SMILES string of the molecule is CNC(=O)[C@H]1O[C@@H](n2cnc3c(NCc4cccc(C#CCNC(=S)Nc5cccc(NC(=S)NCCNC(=O)Cc6ccc(NC(=O)Cc7ccc(Nc8ncnc9c8ncn9[C@@H]8O[C@H](CO)[C@@H](O)[C@H]8O)cc7)cc6)c5)c4)ncnc32)[C@H](O)[C@@H]1O. The van der Waals surface area contributed by atoms with Crippen LogP contribution in [0.2, 0.25) is 0 Å². The Kier molecular flexibility index (Phi) is 19.2. The fourth-order valence-corrected chi connectivity index (χ4v) is 9.87. The first kappa shape index (κ1) is 59.8. The first-order chi connectivity index (χ1) is 41.7. The van der Waals surface area contributed by atoms with E-state index in [1.807, 2.05) is 60.7 Å². The molecule has 0 saturated carbocycles. The molecule has 2 saturated heterocycles. The molecule has 86 heavy (non-hydrogen) atoms. The number of hydrogen-bond acceptors (Lipinski definition) is 20. The number of carbonyl (C=O) groups excluding carboxylic acids is 3. The summed E-state index contributed by atoms with van der Waals surface area (Å²) in [7, 11) is 1.41. The first-order valence-corrected chi connectivity index (χ1v) is 27.8. The second kappa shape index (κ2) is 27.6. The van der Waals surface area contributed by atoms with E-state index in [4.69, 9.17) is 33.9 Å². The molecule has 27 nitrogen and oxygen atoms in total. The third-order valence-electron chi connectivity index (χ3n) is 13.8. The minimum absolute atomic E-state index is 0.112. The fourth-order valence-electron chi connectivity index (χ4n) is 9.46. The number of anilines is 6. The topological polar surface area (TPSA) is 366 Å². The fraction of sp³-hybridized carbons (Fsp3) is 0.281. The van der Waals surface area contributed by atoms with Crippen LogP contribution in [0.5, 0.6) is 0 Å². The molecule has 4 aromatic carbocycles. The van der Waals surface area contributed by atoms with Gasteiger partial charge in [0.15, 0.2) is 62.7 Å². The van der Waals surface area contributed by atoms with Crippen molar-refractivity contribution in [1.29, 1.82) is 0 Å². The van der Waals surface area contributed by atoms with Crippen LogP contribution in [0, 0.1) is 11.8 Å². The monoisotopic (exact) mass is 1210 g/mol. The summed E-state index contributed by atoms with van der Waals surface area (Å²) in [6.07, 6.45) is -3.95. The molecule has 14 N–H and O–H groups in total. The second-order valence-corrected chi connectivity index (χ2v) is 20.6. The molecule has 6 heterocycles. The minimum atomic E-state index is -1.44. The summed E-state index contributed by atoms with van der Waals surface area (Å²) in [5.74, 6) is 6.10. The molecule has 2 aliphatic heterocycles. The van der Waals surface area contributed by atoms with Crippen molar-refractivity contribution in [3.8, 4) is 11.8 Å². The molecule has 29 heteroatoms. The molecule has 2 fully saturated rings. The number of nitrogens with zero attached hydrogens (tertiary/aromatic N) is 8. The van der Waals surface area contributed by atoms with Crippen LogP contribution in [0.4, 0.5) is 34.4 Å². The Bertz CT molecular complexity index is 3830. The molecule has 0 spiro atoms. The Hall–Kier alpha value is -9.35. The van der Waals surface area contributed by atoms with E-state index >= 15 is 0 Å². The van der Waals surface area contributed by atoms with E-state index in [2.05, 4.69) is 89.6 Å². The standard InChI is InChI=1S/C57H59N17O10S2/c1-58-53(82)48-45(79)47(81)55(84-48)74-29-67-42-49(63-27-65-51(42)74)62-25-34-6-2-5-31(21-34)7-4-18-60-56(85)71-37-8-3-9-38(24-37)72-57(86)61-20-19-59-40(76)22-32-10-14-35(15-11-32)69-41(77)23-33-12-16-36(17-13-33)70-50-43-52(66-28-64-50)73(30-68-43)54-46(80)44(78)39(26-75)83-54/h2-3,5-6,8-17,21,24,27-30,39,44-48,54-55,75,78-81H,18-20,22-23,25-26H2,1H3,(H,58,82)(H,59,76)(H,69,77)(H2,60,71,85)(H2,61,72,86)(H,62,63,65)(H,64,66,70)/t39-,44-,45+,46-,47-,48+,54-,55-/m1/s1. The Morgan fingerprint density at radius 1 is 0.605 bits per heavy atom. The maximum Gasteiger partial charge on any atom is 0.251 e. The highest BCUT2D eigenvalue weighted by molar-refractivity contribution is 7.80. The number of aliphatic hydroxyl groups is 5. The van der Waals surface area contributed by atoms with Gasteiger partial charge in [0.1, 0.15) is 43.2 Å². The number of carbonyl (C=O) groups is 3. The van der Waals surface area contributed by atoms with Crippen LogP contribution in [-0.4, -0.2) is 162 Å². The van der Waals surface area contributed by atoms with Crippen molar-refractivity contribution in [1.82, 2.24) is 60.3 Å². The molecule has 4 aromatic heterocycles. The number of aromatic nitrogens is 8. The number of hydrogen-bond donors (Lipinski definition) is 14. The number of likely N-dealkylation sites (N-methyl/N-ethyl adjacent to an activating group) is 1. The van der Waals surface area contributed by atoms with Gasteiger partial charge in [-0.1, -0.05) is 54.3 Å². The summed E-state index contributed by atoms with van der Waals surface area (Å²) in [6, 6.07) is 29.3. The predicted octanol–water partition coefficient (Wildman–Crippen LogP) is 1.46. The highest BCUT2D eigenvalue weighted by Crippen LogP contribution is 2.34. The van der Waals surface area contributed by atoms with E-state index in [0.29, 0.717) is 86.6 Å². The zero-order chi connectivity index (χ0) is 60.3. The average molecular weight is 1210 g/mol. The van der Waals surface area contributed by atoms with Crippen LogP contribution in [0.3, 0.4) is 0 Å². The third kappa shape index (κ3) is 14.4. The normalized spacial score (nSPS) is 19.7. The van der Waals surface area contributed by atoms with Crippen molar-refractivity contribution in [2.75, 3.05) is 59.9 Å². The summed E-state index contributed by atoms with van der Waals surface area (Å²) < 4.78 is 14.3. The van der Waals surface area contributed by atoms with Gasteiger partial charge in [0, 0.05) is 55.0 Å². The summed E-state index contributed by atoms with van der Waals surface area (Å²) in [6.45, 7) is 0.883. The van der Waals surface area contributed by atoms with Gasteiger partial charge in [0.25, 0.3) is 5.91 Å². The molecular weight excluding hydrogens is 1150 g/mol. The maximum atomic E-state index is 13.0. The van der Waals surface area contributed by atoms with Crippen LogP contribution in [0.25, 0.3) is 22.3 Å². The Balaban J connectivity index is 0.598. The Morgan fingerprint density at radius 3 is 1.86 bits per heavy atom. The van der Waals surface area contributed by atoms with Crippen molar-refractivity contribution in [3.63, 3.8) is 0 Å². The van der Waals surface area contributed by atoms with Gasteiger partial charge in [-0.25, -0.2) is 29.9 Å². The number of rotatable bonds is 20. The van der Waals surface area contributed by atoms with Crippen molar-refractivity contribution >= 4 is 109 Å². The molecule has 2 aliphatic rings. The van der Waals surface area contributed by atoms with Crippen molar-refractivity contribution in [2.45, 2.75) is 68.5 Å². The molecule has 0 unspecified atom stereocenters. The summed E-state index contributed by atoms with van der Waals surface area (Å²) in [5.41, 5.74) is 7.40. The van der Waals surface area contributed by atoms with Gasteiger partial charge in [-0.15, -0.1) is 0 Å². The average Bonchev–Trinajstić information content (AvgIpc) is 1.97. The van der Waals surface area contributed by atoms with Crippen LogP contribution in [-0.2, 0) is 43.2 Å². The van der Waals surface area contributed by atoms with Gasteiger partial charge in [-0.3, -0.25) is 23.5 Å². The van der Waals surface area contributed by atoms with Gasteiger partial charge >= 0.3 is 0 Å². The van der Waals surface area contributed by atoms with E-state index < -0.39 is 61.6 Å². The molecule has 444 valence electrons. The van der Waals surface area contributed by atoms with Crippen LogP contribution in [0.1, 0.15) is 34.7 Å². The number of thiocarbonyl (C=S) groups is 2. The predicted molar refractivity (Wildman–Crippen MR) is 324 cm³/mol. The van der Waals surface area contributed by atoms with Gasteiger partial charge in [-0.2, -0.15) is 0 Å². The first-order valence-electron chi connectivity index (χ1n) is 27.0. The van der Waals surface area contributed by atoms with E-state index in [1.165, 1.54) is 41.5 Å². The Labute approximate surface area is 501 Å². The molecule has 0 bridgehead atoms. The lowest BCUT2D eigenvalue weighted by molar-refractivity contribution is -0.137. The van der Waals surface area contributed by atoms with E-state index in [9.17, 15) is 39.9 Å². The van der Waals surface area contributed by atoms with Crippen LogP contribution in [0.15, 0.2) is 122 Å². The van der Waals surface area contributed by atoms with Crippen molar-refractivity contribution in [2.24, 2.45) is 0 Å². The molecule has 8 atom stereocenters. The number of aliphatic hydroxyl groups excluding tert-OH is 5. The van der Waals surface area contributed by atoms with Crippen LogP contribution < -0.4 is 47.9 Å². The van der Waals surface area contributed by atoms with Gasteiger partial charge in [0.05, 0.1) is 38.6 Å². The summed E-state index contributed by atoms with van der Waals surface area (Å²) in [5, 5.41) is 79.2. The van der Waals surface area contributed by atoms with Gasteiger partial charge in [0.2, 0.25) is 11.8 Å². The number of imidazole rings is 2. The molecule has 0 aliphatic carbocycles. The van der Waals surface area contributed by atoms with Crippen molar-refractivity contribution in [3.05, 3.63) is 145 Å². The van der Waals surface area contributed by atoms with E-state index in [0.717, 1.165) is 22.3 Å². The lowest BCUT2D eigenvalue weighted by Crippen LogP contribution is -2.41. The zero-order valence-electron chi connectivity index (χ0n) is 45.8. The quantitative estimate of drug-likeness (QED) is 0.0292. The maximum absolute atomic E-state index is 13.0. The van der Waals surface area contributed by atoms with E-state index in [1.54, 1.807) is 36.4 Å². The number of ether oxygens (including phenoxy) is 2. The lowest BCUT2D eigenvalue weighted by atomic mass is 10.1. The highest BCUT2D eigenvalue weighted by atomic mass is 32.1. The van der Waals surface area contributed by atoms with Crippen molar-refractivity contribution < 1.29 is 49.4 Å². The zero-order valence-corrected chi connectivity index (χ0v) is 47.4. The summed E-state index contributed by atoms with van der Waals surface area (Å²) >= 11 is 11.0. The van der Waals surface area contributed by atoms with Gasteiger partial charge < -0.3 is 82.9 Å². The molecule has 10 rings (SSSR count). The number of benzene rings is 4. The molecule has 0 radical (unpaired) electrons. The van der Waals surface area contributed by atoms with Crippen LogP contribution >= 0.6 is 24.4 Å². The van der Waals surface area contributed by atoms with Gasteiger partial charge in [-0.05, 0) is 95.7 Å². The minimum Gasteiger partial charge on any atom is -0.394 e. The highest BCUT2D eigenvalue weighted by Gasteiger charge is 2.48. The molecular formula is C57H59N17O10S2. The van der Waals surface area contributed by atoms with E-state index in [-0.39, 0.29) is 31.2 Å². The number of nitrogens with one attached hydrogen (secondary N) is 9. The third-order valence-corrected chi connectivity index (χ3v) is 14.3. The number of amides is 3. The number of fused-ring (bicyclic) bond motifs is 2. The lowest BCUT2D eigenvalue weighted by Gasteiger charge is -2.16. The molecule has 3 amide bonds. The largest absolute Gasteiger partial charge is 0.394 e. The summed E-state index contributed by atoms with van der Waals surface area (Å²) in [4.78, 5) is 64.0. The molecule has 8 aromatic rings. The Morgan fingerprint density at radius 2 is 1.20 bits per heavy atom. The second-order valence-electron chi connectivity index (χ2n) is 19.8.